The van der Waals surface area contributed by atoms with Gasteiger partial charge in [-0.2, -0.15) is 11.8 Å². The van der Waals surface area contributed by atoms with Crippen molar-refractivity contribution >= 4 is 41.7 Å². The molecule has 1 aromatic carbocycles. The molecule has 1 N–H and O–H groups in total. The molecule has 3 rings (SSSR count). The van der Waals surface area contributed by atoms with Crippen LogP contribution in [0.2, 0.25) is 0 Å². The van der Waals surface area contributed by atoms with Gasteiger partial charge in [-0.1, -0.05) is 18.2 Å². The van der Waals surface area contributed by atoms with Gasteiger partial charge in [-0.15, -0.1) is 24.0 Å². The predicted octanol–water partition coefficient (Wildman–Crippen LogP) is 2.66. The van der Waals surface area contributed by atoms with Gasteiger partial charge in [0.15, 0.2) is 5.96 Å². The van der Waals surface area contributed by atoms with E-state index in [-0.39, 0.29) is 29.8 Å². The molecule has 2 aliphatic heterocycles. The number of nitrogens with one attached hydrogen (secondary N) is 1. The van der Waals surface area contributed by atoms with Crippen LogP contribution in [0.4, 0.5) is 4.39 Å². The zero-order valence-corrected chi connectivity index (χ0v) is 19.0. The SMILES string of the molecule is CN=C(NCCSCc1ccccc1F)N1CCC(N2CCOCC2)C1.I. The first-order valence-corrected chi connectivity index (χ1v) is 10.5. The molecule has 152 valence electrons. The number of nitrogens with zero attached hydrogens (tertiary/aromatic N) is 3. The van der Waals surface area contributed by atoms with E-state index in [2.05, 4.69) is 20.1 Å². The van der Waals surface area contributed by atoms with Crippen molar-refractivity contribution in [2.24, 2.45) is 4.99 Å². The smallest absolute Gasteiger partial charge is 0.193 e. The second kappa shape index (κ2) is 12.1. The van der Waals surface area contributed by atoms with Gasteiger partial charge in [-0.05, 0) is 18.1 Å². The van der Waals surface area contributed by atoms with Crippen LogP contribution in [0, 0.1) is 5.82 Å². The summed E-state index contributed by atoms with van der Waals surface area (Å²) >= 11 is 1.74. The molecule has 0 radical (unpaired) electrons. The van der Waals surface area contributed by atoms with Crippen molar-refractivity contribution in [2.75, 3.05) is 58.7 Å². The van der Waals surface area contributed by atoms with Crippen molar-refractivity contribution < 1.29 is 9.13 Å². The summed E-state index contributed by atoms with van der Waals surface area (Å²) in [5.74, 6) is 2.49. The summed E-state index contributed by atoms with van der Waals surface area (Å²) in [5, 5.41) is 3.45. The standard InChI is InChI=1S/C19H29FN4OS.HI/c1-21-19(22-7-13-26-15-16-4-2-3-5-18(16)20)24-8-6-17(14-24)23-9-11-25-12-10-23;/h2-5,17H,6-15H2,1H3,(H,21,22);1H. The quantitative estimate of drug-likeness (QED) is 0.277. The molecule has 2 heterocycles. The summed E-state index contributed by atoms with van der Waals surface area (Å²) in [6.07, 6.45) is 1.18. The van der Waals surface area contributed by atoms with Crippen molar-refractivity contribution in [2.45, 2.75) is 18.2 Å². The third-order valence-electron chi connectivity index (χ3n) is 4.98. The molecule has 2 saturated heterocycles. The number of likely N-dealkylation sites (tertiary alicyclic amines) is 1. The molecule has 2 aliphatic rings. The highest BCUT2D eigenvalue weighted by atomic mass is 127. The zero-order valence-electron chi connectivity index (χ0n) is 15.9. The third kappa shape index (κ3) is 6.76. The van der Waals surface area contributed by atoms with Gasteiger partial charge in [0.25, 0.3) is 0 Å². The Morgan fingerprint density at radius 1 is 1.30 bits per heavy atom. The average molecular weight is 508 g/mol. The Morgan fingerprint density at radius 3 is 2.81 bits per heavy atom. The summed E-state index contributed by atoms with van der Waals surface area (Å²) in [6.45, 7) is 6.69. The van der Waals surface area contributed by atoms with Crippen LogP contribution >= 0.6 is 35.7 Å². The van der Waals surface area contributed by atoms with E-state index in [1.165, 1.54) is 12.5 Å². The Balaban J connectivity index is 0.00000261. The summed E-state index contributed by atoms with van der Waals surface area (Å²) in [5.41, 5.74) is 0.773. The van der Waals surface area contributed by atoms with Gasteiger partial charge in [0.05, 0.1) is 13.2 Å². The van der Waals surface area contributed by atoms with Crippen molar-refractivity contribution in [3.63, 3.8) is 0 Å². The first kappa shape index (κ1) is 22.7. The number of guanidine groups is 1. The topological polar surface area (TPSA) is 40.1 Å². The second-order valence-electron chi connectivity index (χ2n) is 6.65. The molecule has 8 heteroatoms. The third-order valence-corrected chi connectivity index (χ3v) is 5.99. The van der Waals surface area contributed by atoms with Gasteiger partial charge in [-0.3, -0.25) is 9.89 Å². The van der Waals surface area contributed by atoms with E-state index in [4.69, 9.17) is 4.74 Å². The van der Waals surface area contributed by atoms with E-state index in [0.717, 1.165) is 63.2 Å². The highest BCUT2D eigenvalue weighted by Crippen LogP contribution is 2.17. The van der Waals surface area contributed by atoms with Crippen molar-refractivity contribution in [3.05, 3.63) is 35.6 Å². The van der Waals surface area contributed by atoms with E-state index in [1.807, 2.05) is 19.2 Å². The number of hydrogen-bond donors (Lipinski definition) is 1. The molecule has 0 bridgehead atoms. The normalized spacial score (nSPS) is 21.2. The molecule has 5 nitrogen and oxygen atoms in total. The van der Waals surface area contributed by atoms with Crippen LogP contribution in [0.25, 0.3) is 0 Å². The number of thioether (sulfide) groups is 1. The minimum Gasteiger partial charge on any atom is -0.379 e. The van der Waals surface area contributed by atoms with Crippen LogP contribution < -0.4 is 5.32 Å². The second-order valence-corrected chi connectivity index (χ2v) is 7.76. The summed E-state index contributed by atoms with van der Waals surface area (Å²) in [6, 6.07) is 7.60. The minimum absolute atomic E-state index is 0. The van der Waals surface area contributed by atoms with Gasteiger partial charge in [0.1, 0.15) is 5.82 Å². The van der Waals surface area contributed by atoms with Crippen molar-refractivity contribution in [1.82, 2.24) is 15.1 Å². The molecule has 2 fully saturated rings. The first-order chi connectivity index (χ1) is 12.8. The summed E-state index contributed by atoms with van der Waals surface area (Å²) in [4.78, 5) is 9.33. The van der Waals surface area contributed by atoms with Crippen LogP contribution in [-0.4, -0.2) is 80.5 Å². The fraction of sp³-hybridized carbons (Fsp3) is 0.632. The molecule has 0 aliphatic carbocycles. The van der Waals surface area contributed by atoms with Crippen LogP contribution in [0.5, 0.6) is 0 Å². The number of morpholine rings is 1. The molecule has 1 unspecified atom stereocenters. The number of rotatable bonds is 6. The minimum atomic E-state index is -0.116. The van der Waals surface area contributed by atoms with E-state index < -0.39 is 0 Å². The average Bonchev–Trinajstić information content (AvgIpc) is 3.17. The van der Waals surface area contributed by atoms with Crippen molar-refractivity contribution in [1.29, 1.82) is 0 Å². The maximum absolute atomic E-state index is 13.6. The Morgan fingerprint density at radius 2 is 2.07 bits per heavy atom. The monoisotopic (exact) mass is 508 g/mol. The first-order valence-electron chi connectivity index (χ1n) is 9.36. The van der Waals surface area contributed by atoms with E-state index in [1.54, 1.807) is 17.8 Å². The molecular weight excluding hydrogens is 478 g/mol. The van der Waals surface area contributed by atoms with E-state index >= 15 is 0 Å². The number of hydrogen-bond acceptors (Lipinski definition) is 4. The predicted molar refractivity (Wildman–Crippen MR) is 122 cm³/mol. The van der Waals surface area contributed by atoms with Gasteiger partial charge >= 0.3 is 0 Å². The fourth-order valence-electron chi connectivity index (χ4n) is 3.54. The number of benzene rings is 1. The maximum Gasteiger partial charge on any atom is 0.193 e. The highest BCUT2D eigenvalue weighted by molar-refractivity contribution is 14.0. The van der Waals surface area contributed by atoms with Crippen LogP contribution in [0.1, 0.15) is 12.0 Å². The molecule has 0 spiro atoms. The molecule has 1 aromatic rings. The lowest BCUT2D eigenvalue weighted by atomic mass is 10.2. The molecule has 0 aromatic heterocycles. The van der Waals surface area contributed by atoms with Gasteiger partial charge in [0.2, 0.25) is 0 Å². The molecule has 27 heavy (non-hydrogen) atoms. The number of halogens is 2. The molecule has 0 saturated carbocycles. The number of ether oxygens (including phenoxy) is 1. The molecule has 0 amide bonds. The Kier molecular flexibility index (Phi) is 10.2. The highest BCUT2D eigenvalue weighted by Gasteiger charge is 2.30. The molecular formula is C19H30FIN4OS. The number of aliphatic imine (C=N–C) groups is 1. The maximum atomic E-state index is 13.6. The molecule has 1 atom stereocenters. The van der Waals surface area contributed by atoms with E-state index in [9.17, 15) is 4.39 Å². The Bertz CT molecular complexity index is 601. The van der Waals surface area contributed by atoms with Crippen LogP contribution in [0.3, 0.4) is 0 Å². The lowest BCUT2D eigenvalue weighted by Crippen LogP contribution is -2.47. The van der Waals surface area contributed by atoms with Gasteiger partial charge in [0, 0.05) is 57.3 Å². The summed E-state index contributed by atoms with van der Waals surface area (Å²) in [7, 11) is 1.84. The lowest BCUT2D eigenvalue weighted by molar-refractivity contribution is 0.0195. The summed E-state index contributed by atoms with van der Waals surface area (Å²) < 4.78 is 19.1. The van der Waals surface area contributed by atoms with Crippen molar-refractivity contribution in [3.8, 4) is 0 Å². The lowest BCUT2D eigenvalue weighted by Gasteiger charge is -2.32. The zero-order chi connectivity index (χ0) is 18.2. The fourth-order valence-corrected chi connectivity index (χ4v) is 4.38. The van der Waals surface area contributed by atoms with Crippen LogP contribution in [-0.2, 0) is 10.5 Å². The van der Waals surface area contributed by atoms with Crippen LogP contribution in [0.15, 0.2) is 29.3 Å². The Labute approximate surface area is 183 Å². The van der Waals surface area contributed by atoms with Gasteiger partial charge in [-0.25, -0.2) is 4.39 Å². The van der Waals surface area contributed by atoms with Gasteiger partial charge < -0.3 is 15.0 Å². The van der Waals surface area contributed by atoms with E-state index in [0.29, 0.717) is 11.8 Å². The Hall–Kier alpha value is -0.580. The largest absolute Gasteiger partial charge is 0.379 e.